The zero-order valence-electron chi connectivity index (χ0n) is 19.5. The highest BCUT2D eigenvalue weighted by Crippen LogP contribution is 2.41. The van der Waals surface area contributed by atoms with Gasteiger partial charge in [0.05, 0.1) is 31.5 Å². The molecule has 0 aliphatic rings. The first-order valence-electron chi connectivity index (χ1n) is 11.2. The SMILES string of the molecule is N#C/C(=C\c1ccc(Cl)s1)c1ccc(-c2ccc(-c3ccc(/C(C#N)=C/c4ccc(Cl)s4)s3)c3nsnc23)s1. The molecule has 0 saturated carbocycles. The molecule has 0 spiro atoms. The molecule has 39 heavy (non-hydrogen) atoms. The van der Waals surface area contributed by atoms with Gasteiger partial charge in [-0.05, 0) is 60.7 Å². The summed E-state index contributed by atoms with van der Waals surface area (Å²) in [6, 6.07) is 24.2. The second-order valence-corrected chi connectivity index (χ2v) is 14.3. The van der Waals surface area contributed by atoms with Crippen LogP contribution in [0.1, 0.15) is 19.5 Å². The average molecular weight is 636 g/mol. The minimum atomic E-state index is 0.589. The van der Waals surface area contributed by atoms with E-state index >= 15 is 0 Å². The molecule has 11 heteroatoms. The Balaban J connectivity index is 1.34. The van der Waals surface area contributed by atoms with Crippen molar-refractivity contribution in [1.82, 2.24) is 8.75 Å². The van der Waals surface area contributed by atoms with Gasteiger partial charge in [-0.25, -0.2) is 0 Å². The number of nitrogens with zero attached hydrogens (tertiary/aromatic N) is 4. The summed E-state index contributed by atoms with van der Waals surface area (Å²) < 4.78 is 10.6. The highest BCUT2D eigenvalue weighted by molar-refractivity contribution is 7.18. The fourth-order valence-electron chi connectivity index (χ4n) is 3.93. The Morgan fingerprint density at radius 2 is 1.08 bits per heavy atom. The maximum absolute atomic E-state index is 9.78. The fraction of sp³-hybridized carbons (Fsp3) is 0. The first-order chi connectivity index (χ1) is 19.0. The molecule has 0 atom stereocenters. The van der Waals surface area contributed by atoms with Crippen LogP contribution in [0.5, 0.6) is 0 Å². The molecule has 0 saturated heterocycles. The Labute approximate surface area is 253 Å². The summed E-state index contributed by atoms with van der Waals surface area (Å²) in [5.41, 5.74) is 4.76. The molecule has 6 rings (SSSR count). The molecule has 6 aromatic rings. The zero-order valence-corrected chi connectivity index (χ0v) is 25.1. The maximum Gasteiger partial charge on any atom is 0.114 e. The second-order valence-electron chi connectivity index (χ2n) is 8.07. The van der Waals surface area contributed by atoms with Crippen molar-refractivity contribution in [3.05, 3.63) is 88.8 Å². The van der Waals surface area contributed by atoms with Crippen LogP contribution in [0.15, 0.2) is 60.7 Å². The van der Waals surface area contributed by atoms with Gasteiger partial charge in [0.1, 0.15) is 23.2 Å². The van der Waals surface area contributed by atoms with Crippen LogP contribution in [-0.4, -0.2) is 8.75 Å². The van der Waals surface area contributed by atoms with E-state index in [9.17, 15) is 10.5 Å². The normalized spacial score (nSPS) is 12.1. The van der Waals surface area contributed by atoms with Crippen LogP contribution in [0, 0.1) is 22.7 Å². The van der Waals surface area contributed by atoms with Crippen LogP contribution >= 0.6 is 80.3 Å². The second kappa shape index (κ2) is 11.2. The van der Waals surface area contributed by atoms with Gasteiger partial charge in [0.2, 0.25) is 0 Å². The Kier molecular flexibility index (Phi) is 7.48. The summed E-state index contributed by atoms with van der Waals surface area (Å²) in [5.74, 6) is 0. The molecule has 1 aromatic carbocycles. The lowest BCUT2D eigenvalue weighted by Crippen LogP contribution is -1.82. The Morgan fingerprint density at radius 3 is 1.46 bits per heavy atom. The van der Waals surface area contributed by atoms with Gasteiger partial charge in [0.15, 0.2) is 0 Å². The topological polar surface area (TPSA) is 73.4 Å². The van der Waals surface area contributed by atoms with E-state index in [1.807, 2.05) is 60.7 Å². The van der Waals surface area contributed by atoms with Gasteiger partial charge < -0.3 is 0 Å². The van der Waals surface area contributed by atoms with Crippen molar-refractivity contribution in [1.29, 1.82) is 10.5 Å². The van der Waals surface area contributed by atoms with E-state index in [-0.39, 0.29) is 0 Å². The fourth-order valence-corrected chi connectivity index (χ4v) is 8.51. The van der Waals surface area contributed by atoms with Crippen LogP contribution in [0.2, 0.25) is 8.67 Å². The lowest BCUT2D eigenvalue weighted by Gasteiger charge is -2.03. The van der Waals surface area contributed by atoms with Crippen LogP contribution in [-0.2, 0) is 0 Å². The summed E-state index contributed by atoms with van der Waals surface area (Å²) in [6.07, 6.45) is 3.72. The van der Waals surface area contributed by atoms with Crippen LogP contribution in [0.3, 0.4) is 0 Å². The summed E-state index contributed by atoms with van der Waals surface area (Å²) in [7, 11) is 0. The first-order valence-corrected chi connectivity index (χ1v) is 16.0. The van der Waals surface area contributed by atoms with Gasteiger partial charge in [0.25, 0.3) is 0 Å². The van der Waals surface area contributed by atoms with Crippen molar-refractivity contribution < 1.29 is 0 Å². The number of aromatic nitrogens is 2. The number of hydrogen-bond donors (Lipinski definition) is 0. The third-order valence-electron chi connectivity index (χ3n) is 5.69. The highest BCUT2D eigenvalue weighted by atomic mass is 35.5. The zero-order chi connectivity index (χ0) is 26.9. The predicted octanol–water partition coefficient (Wildman–Crippen LogP) is 10.7. The molecule has 0 unspecified atom stereocenters. The summed E-state index contributed by atoms with van der Waals surface area (Å²) in [5, 5.41) is 19.6. The lowest BCUT2D eigenvalue weighted by atomic mass is 10.1. The molecule has 4 nitrogen and oxygen atoms in total. The molecule has 188 valence electrons. The van der Waals surface area contributed by atoms with Crippen LogP contribution < -0.4 is 0 Å². The quantitative estimate of drug-likeness (QED) is 0.171. The molecule has 0 aliphatic heterocycles. The molecule has 5 aromatic heterocycles. The molecular weight excluding hydrogens is 624 g/mol. The molecule has 0 N–H and O–H groups in total. The lowest BCUT2D eigenvalue weighted by molar-refractivity contribution is 1.54. The molecule has 0 amide bonds. The number of fused-ring (bicyclic) bond motifs is 1. The molecule has 0 bridgehead atoms. The van der Waals surface area contributed by atoms with Crippen LogP contribution in [0.4, 0.5) is 0 Å². The number of halogens is 2. The van der Waals surface area contributed by atoms with Gasteiger partial charge in [0, 0.05) is 40.4 Å². The Bertz CT molecular complexity index is 1850. The number of hydrogen-bond acceptors (Lipinski definition) is 9. The number of rotatable bonds is 6. The summed E-state index contributed by atoms with van der Waals surface area (Å²) in [4.78, 5) is 5.65. The Morgan fingerprint density at radius 1 is 0.615 bits per heavy atom. The standard InChI is InChI=1S/C28H12Cl2N4S5/c29-25-9-1-17(35-25)11-15(13-31)21-5-7-23(37-21)19-3-4-20(28-27(19)33-39-34-28)24-8-6-22(38-24)16(14-32)12-18-2-10-26(30)36-18/h1-12H/b15-11+,16-12+. The van der Waals surface area contributed by atoms with Crippen molar-refractivity contribution in [3.63, 3.8) is 0 Å². The van der Waals surface area contributed by atoms with Crippen molar-refractivity contribution in [3.8, 4) is 33.0 Å². The van der Waals surface area contributed by atoms with Gasteiger partial charge in [-0.2, -0.15) is 19.3 Å². The Hall–Kier alpha value is -3.12. The maximum atomic E-state index is 9.78. The largest absolute Gasteiger partial charge is 0.192 e. The van der Waals surface area contributed by atoms with Crippen molar-refractivity contribution in [2.24, 2.45) is 0 Å². The van der Waals surface area contributed by atoms with Gasteiger partial charge in [-0.15, -0.1) is 45.3 Å². The van der Waals surface area contributed by atoms with E-state index in [0.29, 0.717) is 19.8 Å². The molecular formula is C28H12Cl2N4S5. The van der Waals surface area contributed by atoms with E-state index in [4.69, 9.17) is 23.2 Å². The average Bonchev–Trinajstić information content (AvgIpc) is 3.76. The number of benzene rings is 1. The van der Waals surface area contributed by atoms with Crippen molar-refractivity contribution in [2.45, 2.75) is 0 Å². The number of thiophene rings is 4. The number of allylic oxidation sites excluding steroid dienone is 2. The monoisotopic (exact) mass is 634 g/mol. The van der Waals surface area contributed by atoms with Gasteiger partial charge in [-0.3, -0.25) is 0 Å². The van der Waals surface area contributed by atoms with Gasteiger partial charge >= 0.3 is 0 Å². The van der Waals surface area contributed by atoms with E-state index in [1.54, 1.807) is 22.7 Å². The third-order valence-corrected chi connectivity index (χ3v) is 10.9. The van der Waals surface area contributed by atoms with Crippen molar-refractivity contribution >= 4 is 115 Å². The first kappa shape index (κ1) is 26.1. The minimum Gasteiger partial charge on any atom is -0.192 e. The summed E-state index contributed by atoms with van der Waals surface area (Å²) >= 11 is 19.3. The van der Waals surface area contributed by atoms with E-state index in [1.165, 1.54) is 34.4 Å². The number of nitriles is 2. The van der Waals surface area contributed by atoms with E-state index < -0.39 is 0 Å². The molecule has 0 radical (unpaired) electrons. The van der Waals surface area contributed by atoms with Crippen LogP contribution in [0.25, 0.3) is 55.2 Å². The van der Waals surface area contributed by atoms with E-state index in [2.05, 4.69) is 33.0 Å². The smallest absolute Gasteiger partial charge is 0.114 e. The highest BCUT2D eigenvalue weighted by Gasteiger charge is 2.17. The van der Waals surface area contributed by atoms with Crippen molar-refractivity contribution in [2.75, 3.05) is 0 Å². The molecule has 0 aliphatic carbocycles. The van der Waals surface area contributed by atoms with E-state index in [0.717, 1.165) is 51.4 Å². The minimum absolute atomic E-state index is 0.589. The molecule has 0 fully saturated rings. The summed E-state index contributed by atoms with van der Waals surface area (Å²) in [6.45, 7) is 0. The molecule has 5 heterocycles. The predicted molar refractivity (Wildman–Crippen MR) is 170 cm³/mol. The van der Waals surface area contributed by atoms with Gasteiger partial charge in [-0.1, -0.05) is 35.3 Å². The third kappa shape index (κ3) is 5.36.